The van der Waals surface area contributed by atoms with Gasteiger partial charge in [-0.25, -0.2) is 0 Å². The molecule has 286 valence electrons. The van der Waals surface area contributed by atoms with Gasteiger partial charge in [-0.1, -0.05) is 27.2 Å². The molecule has 1 aromatic carbocycles. The molecule has 1 atom stereocenters. The number of phenols is 1. The van der Waals surface area contributed by atoms with E-state index in [-0.39, 0.29) is 39.7 Å². The van der Waals surface area contributed by atoms with Gasteiger partial charge < -0.3 is 15.4 Å². The summed E-state index contributed by atoms with van der Waals surface area (Å²) in [5.41, 5.74) is 3.56. The van der Waals surface area contributed by atoms with E-state index in [0.717, 1.165) is 88.4 Å². The SMILES string of the molecule is CC(C)(C)Cc1c([SH+]C(C)(C)C)[nH]c2c(CN3CC[C@@H](CCC(=O)CCCCCNC(=O)C4CCC(CN5C(=O)C=CC5=O)CC4)C3)c(O)ccc12. The summed E-state index contributed by atoms with van der Waals surface area (Å²) in [7, 11) is 0. The standard InChI is InChI=1S/C42H62N4O5S/c1-41(2,3)24-33-32-17-18-35(48)34(38(32)44-40(33)52-42(4,5)6)27-45-23-21-29(25-45)13-16-31(47)10-8-7-9-22-43-39(51)30-14-11-28(12-15-30)26-46-36(49)19-20-37(46)50/h17-20,28-30,44,48H,7-16,21-27H2,1-6H3,(H,43,51)/p+1/t28?,29-,30?/m1/s1. The van der Waals surface area contributed by atoms with Crippen molar-refractivity contribution in [2.45, 2.75) is 135 Å². The summed E-state index contributed by atoms with van der Waals surface area (Å²) >= 11 is 1.26. The number of aromatic hydroxyl groups is 1. The van der Waals surface area contributed by atoms with Crippen LogP contribution in [0.1, 0.15) is 123 Å². The number of rotatable bonds is 16. The average Bonchev–Trinajstić information content (AvgIpc) is 3.75. The fraction of sp³-hybridized carbons (Fsp3) is 0.667. The van der Waals surface area contributed by atoms with E-state index >= 15 is 0 Å². The molecule has 1 aromatic heterocycles. The summed E-state index contributed by atoms with van der Waals surface area (Å²) in [6.07, 6.45) is 12.8. The monoisotopic (exact) mass is 735 g/mol. The number of carbonyl (C=O) groups excluding carboxylic acids is 4. The van der Waals surface area contributed by atoms with Crippen molar-refractivity contribution in [2.24, 2.45) is 23.2 Å². The van der Waals surface area contributed by atoms with Gasteiger partial charge >= 0.3 is 0 Å². The number of Topliss-reactive ketones (excluding diaryl/α,β-unsaturated/α-hetero) is 1. The molecule has 3 heterocycles. The van der Waals surface area contributed by atoms with Crippen molar-refractivity contribution in [3.05, 3.63) is 35.4 Å². The third-order valence-corrected chi connectivity index (χ3v) is 12.1. The molecule has 3 N–H and O–H groups in total. The van der Waals surface area contributed by atoms with E-state index in [1.54, 1.807) is 0 Å². The summed E-state index contributed by atoms with van der Waals surface area (Å²) < 4.78 is 0.121. The normalized spacial score (nSPS) is 21.5. The zero-order valence-electron chi connectivity index (χ0n) is 32.5. The lowest BCUT2D eigenvalue weighted by atomic mass is 9.81. The van der Waals surface area contributed by atoms with Crippen LogP contribution in [0.25, 0.3) is 10.9 Å². The van der Waals surface area contributed by atoms with Crippen molar-refractivity contribution in [1.29, 1.82) is 0 Å². The number of hydrogen-bond donors (Lipinski definition) is 3. The lowest BCUT2D eigenvalue weighted by Crippen LogP contribution is -2.38. The highest BCUT2D eigenvalue weighted by Gasteiger charge is 2.33. The number of nitrogens with zero attached hydrogens (tertiary/aromatic N) is 2. The van der Waals surface area contributed by atoms with Gasteiger partial charge in [-0.15, -0.1) is 0 Å². The Bertz CT molecular complexity index is 1610. The van der Waals surface area contributed by atoms with E-state index in [4.69, 9.17) is 0 Å². The zero-order valence-corrected chi connectivity index (χ0v) is 33.4. The first kappa shape index (κ1) is 40.1. The minimum absolute atomic E-state index is 0.00224. The van der Waals surface area contributed by atoms with Crippen molar-refractivity contribution in [3.8, 4) is 5.75 Å². The largest absolute Gasteiger partial charge is 0.508 e. The lowest BCUT2D eigenvalue weighted by Gasteiger charge is -2.30. The van der Waals surface area contributed by atoms with Crippen molar-refractivity contribution < 1.29 is 24.3 Å². The Hall–Kier alpha value is -3.11. The number of ketones is 1. The molecule has 3 amide bonds. The number of thiol groups is 1. The maximum absolute atomic E-state index is 12.7. The molecule has 1 saturated heterocycles. The second kappa shape index (κ2) is 17.4. The molecular formula is C42H63N4O5S+. The molecule has 9 nitrogen and oxygen atoms in total. The summed E-state index contributed by atoms with van der Waals surface area (Å²) in [6, 6.07) is 3.95. The van der Waals surface area contributed by atoms with E-state index in [1.165, 1.54) is 44.8 Å². The smallest absolute Gasteiger partial charge is 0.253 e. The summed E-state index contributed by atoms with van der Waals surface area (Å²) in [5.74, 6) is 1.07. The van der Waals surface area contributed by atoms with Gasteiger partial charge in [0.05, 0.1) is 5.52 Å². The minimum atomic E-state index is -0.234. The van der Waals surface area contributed by atoms with Crippen LogP contribution in [-0.4, -0.2) is 74.3 Å². The van der Waals surface area contributed by atoms with Gasteiger partial charge in [0, 0.05) is 85.4 Å². The number of phenolic OH excluding ortho intramolecular Hbond substituents is 1. The van der Waals surface area contributed by atoms with Crippen molar-refractivity contribution in [1.82, 2.24) is 20.1 Å². The number of nitrogens with one attached hydrogen (secondary N) is 2. The van der Waals surface area contributed by atoms with E-state index in [9.17, 15) is 24.3 Å². The van der Waals surface area contributed by atoms with Gasteiger partial charge in [0.2, 0.25) is 10.9 Å². The number of imide groups is 1. The van der Waals surface area contributed by atoms with E-state index in [2.05, 4.69) is 62.8 Å². The molecule has 0 spiro atoms. The number of carbonyl (C=O) groups is 4. The Balaban J connectivity index is 0.980. The van der Waals surface area contributed by atoms with E-state index in [1.807, 2.05) is 6.07 Å². The van der Waals surface area contributed by atoms with Crippen LogP contribution in [0.15, 0.2) is 29.3 Å². The highest BCUT2D eigenvalue weighted by Crippen LogP contribution is 2.38. The first-order valence-electron chi connectivity index (χ1n) is 19.7. The van der Waals surface area contributed by atoms with Crippen LogP contribution in [0, 0.1) is 23.2 Å². The highest BCUT2D eigenvalue weighted by atomic mass is 32.2. The van der Waals surface area contributed by atoms with Crippen LogP contribution in [-0.2, 0) is 43.9 Å². The maximum atomic E-state index is 12.7. The van der Waals surface area contributed by atoms with Gasteiger partial charge in [-0.3, -0.25) is 29.0 Å². The number of benzene rings is 1. The zero-order chi connectivity index (χ0) is 37.6. The van der Waals surface area contributed by atoms with Gasteiger partial charge in [-0.05, 0) is 114 Å². The molecule has 0 bridgehead atoms. The molecule has 1 aliphatic carbocycles. The molecule has 5 rings (SSSR count). The molecule has 1 saturated carbocycles. The minimum Gasteiger partial charge on any atom is -0.508 e. The van der Waals surface area contributed by atoms with E-state index in [0.29, 0.717) is 49.9 Å². The first-order valence-corrected chi connectivity index (χ1v) is 20.6. The van der Waals surface area contributed by atoms with Crippen molar-refractivity contribution in [2.75, 3.05) is 26.2 Å². The first-order chi connectivity index (χ1) is 24.6. The van der Waals surface area contributed by atoms with Crippen LogP contribution in [0.4, 0.5) is 0 Å². The number of aromatic nitrogens is 1. The Morgan fingerprint density at radius 3 is 2.29 bits per heavy atom. The third-order valence-electron chi connectivity index (χ3n) is 10.9. The van der Waals surface area contributed by atoms with Crippen molar-refractivity contribution >= 4 is 46.2 Å². The number of amides is 3. The topological polar surface area (TPSA) is 123 Å². The lowest BCUT2D eigenvalue weighted by molar-refractivity contribution is -0.138. The molecule has 52 heavy (non-hydrogen) atoms. The maximum Gasteiger partial charge on any atom is 0.253 e. The fourth-order valence-electron chi connectivity index (χ4n) is 8.11. The Morgan fingerprint density at radius 1 is 0.904 bits per heavy atom. The molecular weight excluding hydrogens is 673 g/mol. The summed E-state index contributed by atoms with van der Waals surface area (Å²) in [6.45, 7) is 17.3. The second-order valence-corrected chi connectivity index (χ2v) is 19.9. The van der Waals surface area contributed by atoms with Crippen LogP contribution in [0.5, 0.6) is 5.75 Å². The molecule has 2 aromatic rings. The second-order valence-electron chi connectivity index (χ2n) is 17.9. The molecule has 10 heteroatoms. The summed E-state index contributed by atoms with van der Waals surface area (Å²) in [5, 5.41) is 16.6. The van der Waals surface area contributed by atoms with Crippen LogP contribution in [0.3, 0.4) is 0 Å². The average molecular weight is 736 g/mol. The van der Waals surface area contributed by atoms with Crippen LogP contribution >= 0.6 is 0 Å². The molecule has 2 aliphatic heterocycles. The number of aromatic amines is 1. The van der Waals surface area contributed by atoms with Gasteiger partial charge in [0.1, 0.15) is 16.3 Å². The quantitative estimate of drug-likeness (QED) is 0.0738. The number of hydrogen-bond acceptors (Lipinski definition) is 6. The van der Waals surface area contributed by atoms with Crippen LogP contribution < -0.4 is 5.32 Å². The van der Waals surface area contributed by atoms with Gasteiger partial charge in [-0.2, -0.15) is 0 Å². The summed E-state index contributed by atoms with van der Waals surface area (Å²) in [4.78, 5) is 56.6. The highest BCUT2D eigenvalue weighted by molar-refractivity contribution is 7.80. The Kier molecular flexibility index (Phi) is 13.4. The van der Waals surface area contributed by atoms with Crippen molar-refractivity contribution in [3.63, 3.8) is 0 Å². The molecule has 0 radical (unpaired) electrons. The fourth-order valence-corrected chi connectivity index (χ4v) is 9.29. The number of likely N-dealkylation sites (tertiary alicyclic amines) is 1. The predicted octanol–water partition coefficient (Wildman–Crippen LogP) is 7.01. The molecule has 3 aliphatic rings. The van der Waals surface area contributed by atoms with Gasteiger partial charge in [0.15, 0.2) is 0 Å². The van der Waals surface area contributed by atoms with E-state index < -0.39 is 0 Å². The third kappa shape index (κ3) is 11.2. The van der Waals surface area contributed by atoms with Gasteiger partial charge in [0.25, 0.3) is 11.8 Å². The predicted molar refractivity (Wildman–Crippen MR) is 210 cm³/mol. The number of fused-ring (bicyclic) bond motifs is 1. The van der Waals surface area contributed by atoms with Crippen LogP contribution in [0.2, 0.25) is 0 Å². The molecule has 2 fully saturated rings. The Morgan fingerprint density at radius 2 is 1.62 bits per heavy atom. The number of unbranched alkanes of at least 4 members (excludes halogenated alkanes) is 2. The number of H-pyrrole nitrogens is 1. The molecule has 0 unspecified atom stereocenters. The Labute approximate surface area is 315 Å².